The largest absolute Gasteiger partial charge is 0.465 e. The number of ether oxygens (including phenoxy) is 2. The Balaban J connectivity index is 2.22. The average molecular weight is 466 g/mol. The van der Waals surface area contributed by atoms with E-state index in [1.165, 1.54) is 14.2 Å². The van der Waals surface area contributed by atoms with Crippen molar-refractivity contribution in [3.63, 3.8) is 0 Å². The zero-order chi connectivity index (χ0) is 19.0. The van der Waals surface area contributed by atoms with E-state index in [1.54, 1.807) is 13.0 Å². The van der Waals surface area contributed by atoms with Crippen molar-refractivity contribution >= 4 is 57.8 Å². The van der Waals surface area contributed by atoms with E-state index in [2.05, 4.69) is 32.9 Å². The topological polar surface area (TPSA) is 97.5 Å². The zero-order valence-corrected chi connectivity index (χ0v) is 16.4. The van der Waals surface area contributed by atoms with Gasteiger partial charge in [0.15, 0.2) is 0 Å². The predicted molar refractivity (Wildman–Crippen MR) is 104 cm³/mol. The van der Waals surface area contributed by atoms with Crippen LogP contribution < -0.4 is 5.32 Å². The predicted octanol–water partition coefficient (Wildman–Crippen LogP) is 2.99. The number of esters is 2. The lowest BCUT2D eigenvalue weighted by molar-refractivity contribution is -0.110. The maximum Gasteiger partial charge on any atom is 0.355 e. The van der Waals surface area contributed by atoms with Gasteiger partial charge in [0.1, 0.15) is 5.69 Å². The fourth-order valence-electron chi connectivity index (χ4n) is 2.84. The number of carbonyl (C=O) groups excluding carboxylic acids is 3. The lowest BCUT2D eigenvalue weighted by Crippen LogP contribution is -2.11. The quantitative estimate of drug-likeness (QED) is 0.412. The first-order chi connectivity index (χ1) is 12.4. The van der Waals surface area contributed by atoms with E-state index >= 15 is 0 Å². The highest BCUT2D eigenvalue weighted by molar-refractivity contribution is 14.1. The molecule has 1 aromatic heterocycles. The highest BCUT2D eigenvalue weighted by Gasteiger charge is 2.29. The minimum Gasteiger partial charge on any atom is -0.465 e. The van der Waals surface area contributed by atoms with Crippen molar-refractivity contribution in [1.29, 1.82) is 0 Å². The van der Waals surface area contributed by atoms with Gasteiger partial charge in [-0.1, -0.05) is 0 Å². The molecule has 1 aromatic carbocycles. The number of anilines is 1. The molecule has 8 heteroatoms. The Morgan fingerprint density at radius 2 is 1.85 bits per heavy atom. The normalized spacial score (nSPS) is 14.2. The Morgan fingerprint density at radius 1 is 1.15 bits per heavy atom. The number of hydrogen-bond acceptors (Lipinski definition) is 5. The second kappa shape index (κ2) is 6.94. The molecule has 0 saturated carbocycles. The number of hydrogen-bond donors (Lipinski definition) is 2. The van der Waals surface area contributed by atoms with Crippen molar-refractivity contribution in [1.82, 2.24) is 4.98 Å². The minimum atomic E-state index is -0.692. The Hall–Kier alpha value is -2.62. The van der Waals surface area contributed by atoms with Gasteiger partial charge in [-0.3, -0.25) is 4.79 Å². The van der Waals surface area contributed by atoms with E-state index in [-0.39, 0.29) is 17.2 Å². The van der Waals surface area contributed by atoms with E-state index in [0.29, 0.717) is 22.5 Å². The summed E-state index contributed by atoms with van der Waals surface area (Å²) in [5.41, 5.74) is 2.82. The molecule has 134 valence electrons. The molecular weight excluding hydrogens is 451 g/mol. The first-order valence-electron chi connectivity index (χ1n) is 7.59. The first-order valence-corrected chi connectivity index (χ1v) is 8.67. The van der Waals surface area contributed by atoms with Crippen LogP contribution >= 0.6 is 22.6 Å². The number of aromatic nitrogens is 1. The molecule has 0 aliphatic carbocycles. The Labute approximate surface area is 162 Å². The van der Waals surface area contributed by atoms with Crippen molar-refractivity contribution in [3.05, 3.63) is 49.8 Å². The molecule has 1 amide bonds. The number of aromatic amines is 1. The Bertz CT molecular complexity index is 974. The van der Waals surface area contributed by atoms with Crippen molar-refractivity contribution in [3.8, 4) is 0 Å². The number of carbonyl (C=O) groups is 3. The monoisotopic (exact) mass is 466 g/mol. The number of nitrogens with one attached hydrogen (secondary N) is 2. The number of methoxy groups -OCH3 is 2. The highest BCUT2D eigenvalue weighted by atomic mass is 127. The van der Waals surface area contributed by atoms with Gasteiger partial charge in [0.05, 0.1) is 19.8 Å². The average Bonchev–Trinajstić information content (AvgIpc) is 3.11. The molecule has 1 aliphatic rings. The van der Waals surface area contributed by atoms with Crippen LogP contribution in [0.25, 0.3) is 11.6 Å². The molecule has 2 N–H and O–H groups in total. The third-order valence-corrected chi connectivity index (χ3v) is 4.74. The molecule has 0 fully saturated rings. The molecule has 0 unspecified atom stereocenters. The van der Waals surface area contributed by atoms with Crippen molar-refractivity contribution in [2.75, 3.05) is 19.5 Å². The summed E-state index contributed by atoms with van der Waals surface area (Å²) in [6.45, 7) is 1.70. The van der Waals surface area contributed by atoms with E-state index in [0.717, 1.165) is 9.13 Å². The molecule has 2 aromatic rings. The van der Waals surface area contributed by atoms with Crippen molar-refractivity contribution in [2.24, 2.45) is 0 Å². The molecule has 0 radical (unpaired) electrons. The maximum absolute atomic E-state index is 12.4. The lowest BCUT2D eigenvalue weighted by Gasteiger charge is -2.04. The van der Waals surface area contributed by atoms with Gasteiger partial charge in [-0.15, -0.1) is 0 Å². The van der Waals surface area contributed by atoms with Gasteiger partial charge in [-0.2, -0.15) is 0 Å². The number of aryl methyl sites for hydroxylation is 1. The fourth-order valence-corrected chi connectivity index (χ4v) is 3.33. The minimum absolute atomic E-state index is 0.00929. The summed E-state index contributed by atoms with van der Waals surface area (Å²) in [6, 6.07) is 5.58. The summed E-state index contributed by atoms with van der Waals surface area (Å²) in [4.78, 5) is 39.5. The fraction of sp³-hybridized carbons (Fsp3) is 0.167. The molecule has 0 bridgehead atoms. The number of amides is 1. The van der Waals surface area contributed by atoms with Crippen LogP contribution in [0, 0.1) is 10.5 Å². The number of rotatable bonds is 3. The summed E-state index contributed by atoms with van der Waals surface area (Å²) < 4.78 is 10.5. The molecule has 3 rings (SSSR count). The summed E-state index contributed by atoms with van der Waals surface area (Å²) in [7, 11) is 2.45. The van der Waals surface area contributed by atoms with Crippen LogP contribution in [-0.2, 0) is 14.3 Å². The molecule has 2 heterocycles. The zero-order valence-electron chi connectivity index (χ0n) is 14.2. The smallest absolute Gasteiger partial charge is 0.355 e. The first kappa shape index (κ1) is 18.2. The van der Waals surface area contributed by atoms with Crippen molar-refractivity contribution < 1.29 is 23.9 Å². The van der Waals surface area contributed by atoms with Crippen LogP contribution in [0.15, 0.2) is 18.2 Å². The van der Waals surface area contributed by atoms with E-state index < -0.39 is 11.9 Å². The second-order valence-electron chi connectivity index (χ2n) is 5.60. The van der Waals surface area contributed by atoms with Gasteiger partial charge >= 0.3 is 11.9 Å². The number of H-pyrrole nitrogens is 1. The van der Waals surface area contributed by atoms with Crippen LogP contribution in [0.1, 0.15) is 37.7 Å². The summed E-state index contributed by atoms with van der Waals surface area (Å²) in [6.07, 6.45) is 1.59. The van der Waals surface area contributed by atoms with Gasteiger partial charge in [-0.25, -0.2) is 9.59 Å². The molecule has 7 nitrogen and oxygen atoms in total. The highest BCUT2D eigenvalue weighted by Crippen LogP contribution is 2.35. The van der Waals surface area contributed by atoms with Crippen LogP contribution in [0.3, 0.4) is 0 Å². The van der Waals surface area contributed by atoms with Crippen LogP contribution in [0.5, 0.6) is 0 Å². The number of benzene rings is 1. The van der Waals surface area contributed by atoms with Gasteiger partial charge < -0.3 is 19.8 Å². The number of halogens is 1. The molecule has 1 aliphatic heterocycles. The standard InChI is InChI=1S/C18H15IN2O5/c1-8-10(14(17(23)25-2)15(20-8)18(24)26-3)7-12-11-6-9(19)4-5-13(11)21-16(12)22/h4-7,20H,1-3H3,(H,21,22). The Kier molecular flexibility index (Phi) is 4.86. The van der Waals surface area contributed by atoms with E-state index in [4.69, 9.17) is 9.47 Å². The molecule has 0 saturated heterocycles. The third-order valence-electron chi connectivity index (χ3n) is 4.07. The SMILES string of the molecule is COC(=O)c1[nH]c(C)c(C=C2C(=O)Nc3ccc(I)cc32)c1C(=O)OC. The van der Waals surface area contributed by atoms with Gasteiger partial charge in [0.2, 0.25) is 0 Å². The number of fused-ring (bicyclic) bond motifs is 1. The molecule has 0 atom stereocenters. The summed E-state index contributed by atoms with van der Waals surface area (Å²) >= 11 is 2.16. The molecule has 26 heavy (non-hydrogen) atoms. The van der Waals surface area contributed by atoms with Gasteiger partial charge in [0.25, 0.3) is 5.91 Å². The van der Waals surface area contributed by atoms with E-state index in [1.807, 2.05) is 18.2 Å². The Morgan fingerprint density at radius 3 is 2.50 bits per heavy atom. The molecular formula is C18H15IN2O5. The second-order valence-corrected chi connectivity index (χ2v) is 6.84. The van der Waals surface area contributed by atoms with Gasteiger partial charge in [-0.05, 0) is 53.8 Å². The van der Waals surface area contributed by atoms with Crippen molar-refractivity contribution in [2.45, 2.75) is 6.92 Å². The van der Waals surface area contributed by atoms with Crippen LogP contribution in [0.2, 0.25) is 0 Å². The van der Waals surface area contributed by atoms with Gasteiger partial charge in [0, 0.05) is 31.7 Å². The molecule has 0 spiro atoms. The third kappa shape index (κ3) is 3.00. The lowest BCUT2D eigenvalue weighted by atomic mass is 10.0. The summed E-state index contributed by atoms with van der Waals surface area (Å²) in [5.74, 6) is -1.66. The van der Waals surface area contributed by atoms with Crippen LogP contribution in [-0.4, -0.2) is 37.0 Å². The van der Waals surface area contributed by atoms with Crippen LogP contribution in [0.4, 0.5) is 5.69 Å². The van der Waals surface area contributed by atoms with E-state index in [9.17, 15) is 14.4 Å². The summed E-state index contributed by atoms with van der Waals surface area (Å²) in [5, 5.41) is 2.79. The maximum atomic E-state index is 12.4.